The summed E-state index contributed by atoms with van der Waals surface area (Å²) in [4.78, 5) is 20.0. The van der Waals surface area contributed by atoms with Gasteiger partial charge in [-0.2, -0.15) is 0 Å². The number of hydrogen-bond acceptors (Lipinski definition) is 8. The summed E-state index contributed by atoms with van der Waals surface area (Å²) >= 11 is 0. The number of nitrogens with zero attached hydrogens (tertiary/aromatic N) is 2. The van der Waals surface area contributed by atoms with E-state index in [9.17, 15) is 4.79 Å². The van der Waals surface area contributed by atoms with Gasteiger partial charge >= 0.3 is 0 Å². The first-order chi connectivity index (χ1) is 13.1. The third-order valence-electron chi connectivity index (χ3n) is 3.17. The number of methoxy groups -OCH3 is 1. The van der Waals surface area contributed by atoms with Crippen molar-refractivity contribution in [3.63, 3.8) is 0 Å². The Morgan fingerprint density at radius 2 is 1.56 bits per heavy atom. The lowest BCUT2D eigenvalue weighted by molar-refractivity contribution is 0.00495. The zero-order valence-corrected chi connectivity index (χ0v) is 17.3. The summed E-state index contributed by atoms with van der Waals surface area (Å²) in [5.74, 6) is 0.536. The van der Waals surface area contributed by atoms with Crippen molar-refractivity contribution in [2.24, 2.45) is 5.92 Å². The predicted molar refractivity (Wildman–Crippen MR) is 107 cm³/mol. The van der Waals surface area contributed by atoms with E-state index in [1.54, 1.807) is 13.2 Å². The Labute approximate surface area is 164 Å². The molecule has 8 nitrogen and oxygen atoms in total. The summed E-state index contributed by atoms with van der Waals surface area (Å²) in [5, 5.41) is 3.11. The minimum absolute atomic E-state index is 0. The highest BCUT2D eigenvalue weighted by Crippen LogP contribution is 2.09. The van der Waals surface area contributed by atoms with E-state index in [1.807, 2.05) is 27.7 Å². The number of ketones is 1. The van der Waals surface area contributed by atoms with E-state index in [0.717, 1.165) is 0 Å². The molecular weight excluding hydrogens is 350 g/mol. The van der Waals surface area contributed by atoms with Gasteiger partial charge in [0.1, 0.15) is 17.8 Å². The molecular formula is C19H37N3O5. The van der Waals surface area contributed by atoms with Crippen molar-refractivity contribution < 1.29 is 25.2 Å². The highest BCUT2D eigenvalue weighted by molar-refractivity contribution is 5.96. The monoisotopic (exact) mass is 387 g/mol. The maximum Gasteiger partial charge on any atom is 0.183 e. The molecule has 158 valence electrons. The molecule has 1 N–H and O–H groups in total. The van der Waals surface area contributed by atoms with Gasteiger partial charge in [-0.05, 0) is 0 Å². The van der Waals surface area contributed by atoms with E-state index < -0.39 is 0 Å². The molecule has 0 amide bonds. The molecule has 1 aromatic rings. The fraction of sp³-hybridized carbons (Fsp3) is 0.737. The summed E-state index contributed by atoms with van der Waals surface area (Å²) in [7, 11) is 1.64. The Bertz CT molecular complexity index is 492. The SMILES string of the molecule is CC.COCCOCCOCCOCCNc1cc(C(=O)C(C)C)ncn1.[HH]. The smallest absolute Gasteiger partial charge is 0.183 e. The van der Waals surface area contributed by atoms with Crippen LogP contribution in [0.3, 0.4) is 0 Å². The fourth-order valence-electron chi connectivity index (χ4n) is 1.82. The van der Waals surface area contributed by atoms with E-state index in [2.05, 4.69) is 15.3 Å². The average molecular weight is 388 g/mol. The van der Waals surface area contributed by atoms with Crippen LogP contribution in [0.25, 0.3) is 0 Å². The number of hydrogen-bond donors (Lipinski definition) is 1. The van der Waals surface area contributed by atoms with Gasteiger partial charge in [0, 0.05) is 27.1 Å². The van der Waals surface area contributed by atoms with Crippen molar-refractivity contribution in [1.82, 2.24) is 9.97 Å². The summed E-state index contributed by atoms with van der Waals surface area (Å²) in [6.45, 7) is 12.1. The molecule has 0 radical (unpaired) electrons. The van der Waals surface area contributed by atoms with Crippen molar-refractivity contribution >= 4 is 11.6 Å². The number of Topliss-reactive ketones (excluding diaryl/α,β-unsaturated/α-hetero) is 1. The molecule has 1 aromatic heterocycles. The van der Waals surface area contributed by atoms with Gasteiger partial charge in [-0.3, -0.25) is 4.79 Å². The normalized spacial score (nSPS) is 10.4. The molecule has 0 spiro atoms. The lowest BCUT2D eigenvalue weighted by Crippen LogP contribution is -2.15. The third-order valence-corrected chi connectivity index (χ3v) is 3.17. The van der Waals surface area contributed by atoms with Crippen LogP contribution in [0.2, 0.25) is 0 Å². The summed E-state index contributed by atoms with van der Waals surface area (Å²) in [6.07, 6.45) is 1.39. The van der Waals surface area contributed by atoms with E-state index in [1.165, 1.54) is 6.33 Å². The average Bonchev–Trinajstić information content (AvgIpc) is 2.70. The first-order valence-corrected chi connectivity index (χ1v) is 9.47. The van der Waals surface area contributed by atoms with Gasteiger partial charge in [0.2, 0.25) is 0 Å². The van der Waals surface area contributed by atoms with Crippen molar-refractivity contribution in [3.8, 4) is 0 Å². The Morgan fingerprint density at radius 1 is 1.00 bits per heavy atom. The molecule has 1 rings (SSSR count). The molecule has 0 aromatic carbocycles. The summed E-state index contributed by atoms with van der Waals surface area (Å²) in [5.41, 5.74) is 0.425. The van der Waals surface area contributed by atoms with E-state index >= 15 is 0 Å². The lowest BCUT2D eigenvalue weighted by atomic mass is 10.1. The van der Waals surface area contributed by atoms with E-state index in [4.69, 9.17) is 18.9 Å². The Hall–Kier alpha value is -1.61. The lowest BCUT2D eigenvalue weighted by Gasteiger charge is -2.09. The van der Waals surface area contributed by atoms with Crippen molar-refractivity contribution in [2.75, 3.05) is 65.2 Å². The largest absolute Gasteiger partial charge is 0.382 e. The third kappa shape index (κ3) is 13.2. The van der Waals surface area contributed by atoms with Crippen LogP contribution in [-0.4, -0.2) is 75.7 Å². The Balaban J connectivity index is 0. The standard InChI is InChI=1S/C17H29N3O5.C2H6.H2/c1-14(2)17(21)15-12-16(20-13-19-15)18-4-5-23-8-9-25-11-10-24-7-6-22-3;1-2;/h12-14H,4-11H2,1-3H3,(H,18,19,20);1-2H3;1H. The second-order valence-corrected chi connectivity index (χ2v) is 5.56. The molecule has 0 aliphatic carbocycles. The van der Waals surface area contributed by atoms with Gasteiger partial charge in [-0.1, -0.05) is 27.7 Å². The van der Waals surface area contributed by atoms with E-state index in [-0.39, 0.29) is 13.1 Å². The maximum absolute atomic E-state index is 11.9. The van der Waals surface area contributed by atoms with Crippen LogP contribution in [0, 0.1) is 5.92 Å². The second-order valence-electron chi connectivity index (χ2n) is 5.56. The molecule has 0 aliphatic rings. The number of anilines is 1. The summed E-state index contributed by atoms with van der Waals surface area (Å²) in [6, 6.07) is 1.66. The molecule has 0 saturated carbocycles. The molecule has 0 bridgehead atoms. The molecule has 0 atom stereocenters. The number of carbonyl (C=O) groups is 1. The van der Waals surface area contributed by atoms with Crippen LogP contribution in [0.1, 0.15) is 39.6 Å². The first kappa shape index (κ1) is 25.4. The minimum atomic E-state index is -0.0866. The van der Waals surface area contributed by atoms with Crippen LogP contribution in [-0.2, 0) is 18.9 Å². The molecule has 8 heteroatoms. The number of nitrogens with one attached hydrogen (secondary N) is 1. The number of ether oxygens (including phenoxy) is 4. The second kappa shape index (κ2) is 17.8. The van der Waals surface area contributed by atoms with Crippen LogP contribution in [0.4, 0.5) is 5.82 Å². The zero-order chi connectivity index (χ0) is 20.3. The highest BCUT2D eigenvalue weighted by Gasteiger charge is 2.12. The topological polar surface area (TPSA) is 91.8 Å². The van der Waals surface area contributed by atoms with Crippen LogP contribution in [0.15, 0.2) is 12.4 Å². The Kier molecular flexibility index (Phi) is 16.7. The maximum atomic E-state index is 11.9. The van der Waals surface area contributed by atoms with Crippen LogP contribution in [0.5, 0.6) is 0 Å². The zero-order valence-electron chi connectivity index (χ0n) is 17.3. The number of rotatable bonds is 15. The Morgan fingerprint density at radius 3 is 2.11 bits per heavy atom. The quantitative estimate of drug-likeness (QED) is 0.363. The van der Waals surface area contributed by atoms with Crippen molar-refractivity contribution in [2.45, 2.75) is 27.7 Å². The van der Waals surface area contributed by atoms with Gasteiger partial charge < -0.3 is 24.3 Å². The fourth-order valence-corrected chi connectivity index (χ4v) is 1.82. The molecule has 0 fully saturated rings. The van der Waals surface area contributed by atoms with Gasteiger partial charge in [0.15, 0.2) is 5.78 Å². The van der Waals surface area contributed by atoms with Crippen LogP contribution >= 0.6 is 0 Å². The van der Waals surface area contributed by atoms with E-state index in [0.29, 0.717) is 64.3 Å². The van der Waals surface area contributed by atoms with Gasteiger partial charge in [-0.15, -0.1) is 0 Å². The molecule has 0 unspecified atom stereocenters. The van der Waals surface area contributed by atoms with Crippen molar-refractivity contribution in [1.29, 1.82) is 0 Å². The molecule has 27 heavy (non-hydrogen) atoms. The van der Waals surface area contributed by atoms with Crippen molar-refractivity contribution in [3.05, 3.63) is 18.1 Å². The minimum Gasteiger partial charge on any atom is -0.382 e. The van der Waals surface area contributed by atoms with Gasteiger partial charge in [0.05, 0.1) is 46.2 Å². The number of aromatic nitrogens is 2. The number of carbonyl (C=O) groups excluding carboxylic acids is 1. The van der Waals surface area contributed by atoms with Gasteiger partial charge in [-0.25, -0.2) is 9.97 Å². The van der Waals surface area contributed by atoms with Gasteiger partial charge in [0.25, 0.3) is 0 Å². The summed E-state index contributed by atoms with van der Waals surface area (Å²) < 4.78 is 21.0. The van der Waals surface area contributed by atoms with Crippen LogP contribution < -0.4 is 5.32 Å². The molecule has 0 aliphatic heterocycles. The molecule has 1 heterocycles. The first-order valence-electron chi connectivity index (χ1n) is 9.47. The predicted octanol–water partition coefficient (Wildman–Crippen LogP) is 2.70. The molecule has 0 saturated heterocycles. The highest BCUT2D eigenvalue weighted by atomic mass is 16.6.